The van der Waals surface area contributed by atoms with Crippen molar-refractivity contribution >= 4 is 5.96 Å². The van der Waals surface area contributed by atoms with Crippen LogP contribution in [0.2, 0.25) is 0 Å². The van der Waals surface area contributed by atoms with Crippen molar-refractivity contribution in [1.29, 1.82) is 0 Å². The summed E-state index contributed by atoms with van der Waals surface area (Å²) >= 11 is 0. The van der Waals surface area contributed by atoms with Gasteiger partial charge in [-0.05, 0) is 12.8 Å². The monoisotopic (exact) mass is 308 g/mol. The summed E-state index contributed by atoms with van der Waals surface area (Å²) in [6.45, 7) is 0.832. The first-order valence-corrected chi connectivity index (χ1v) is 7.42. The number of alkyl halides is 3. The van der Waals surface area contributed by atoms with E-state index in [0.717, 1.165) is 25.7 Å². The van der Waals surface area contributed by atoms with Gasteiger partial charge in [-0.15, -0.1) is 0 Å². The third kappa shape index (κ3) is 5.03. The van der Waals surface area contributed by atoms with Crippen molar-refractivity contribution in [2.45, 2.75) is 43.9 Å². The first-order valence-electron chi connectivity index (χ1n) is 7.42. The Kier molecular flexibility index (Phi) is 5.69. The summed E-state index contributed by atoms with van der Waals surface area (Å²) in [5.41, 5.74) is 5.70. The van der Waals surface area contributed by atoms with Crippen molar-refractivity contribution in [3.63, 3.8) is 0 Å². The molecule has 1 heterocycles. The fraction of sp³-hybridized carbons (Fsp3) is 0.923. The molecule has 1 saturated heterocycles. The Bertz CT molecular complexity index is 350. The van der Waals surface area contributed by atoms with Crippen LogP contribution < -0.4 is 11.1 Å². The minimum Gasteiger partial charge on any atom is -0.379 e. The number of guanidine groups is 1. The molecule has 2 aliphatic rings. The van der Waals surface area contributed by atoms with E-state index in [1.807, 2.05) is 0 Å². The maximum atomic E-state index is 13.1. The largest absolute Gasteiger partial charge is 0.405 e. The number of halogens is 3. The lowest BCUT2D eigenvalue weighted by Crippen LogP contribution is -2.52. The van der Waals surface area contributed by atoms with Gasteiger partial charge < -0.3 is 15.8 Å². The number of nitrogens with zero attached hydrogens (tertiary/aromatic N) is 2. The molecule has 0 aromatic carbocycles. The number of rotatable bonds is 4. The topological polar surface area (TPSA) is 62.9 Å². The van der Waals surface area contributed by atoms with Gasteiger partial charge in [0.2, 0.25) is 0 Å². The van der Waals surface area contributed by atoms with Crippen molar-refractivity contribution < 1.29 is 17.9 Å². The van der Waals surface area contributed by atoms with Crippen molar-refractivity contribution in [1.82, 2.24) is 10.2 Å². The number of morpholine rings is 1. The SMILES string of the molecule is NC(=NCC(N1CCOCC1)C(F)(F)F)NC1CCCC1. The molecular formula is C13H23F3N4O. The van der Waals surface area contributed by atoms with Gasteiger partial charge in [-0.25, -0.2) is 0 Å². The van der Waals surface area contributed by atoms with Crippen LogP contribution in [0, 0.1) is 0 Å². The molecule has 1 aliphatic heterocycles. The van der Waals surface area contributed by atoms with E-state index >= 15 is 0 Å². The van der Waals surface area contributed by atoms with E-state index in [4.69, 9.17) is 10.5 Å². The van der Waals surface area contributed by atoms with Gasteiger partial charge in [0.15, 0.2) is 5.96 Å². The summed E-state index contributed by atoms with van der Waals surface area (Å²) in [5.74, 6) is 0.115. The number of aliphatic imine (C=N–C) groups is 1. The standard InChI is InChI=1S/C13H23F3N4O/c14-13(15,16)11(20-5-7-21-8-6-20)9-18-12(17)19-10-3-1-2-4-10/h10-11H,1-9H2,(H3,17,18,19). The summed E-state index contributed by atoms with van der Waals surface area (Å²) in [6, 6.07) is -1.34. The fourth-order valence-electron chi connectivity index (χ4n) is 2.82. The van der Waals surface area contributed by atoms with Gasteiger partial charge in [0.1, 0.15) is 6.04 Å². The van der Waals surface area contributed by atoms with Crippen LogP contribution in [0.4, 0.5) is 13.2 Å². The van der Waals surface area contributed by atoms with Crippen LogP contribution in [0.1, 0.15) is 25.7 Å². The third-order valence-corrected chi connectivity index (χ3v) is 4.01. The molecule has 0 radical (unpaired) electrons. The van der Waals surface area contributed by atoms with E-state index in [9.17, 15) is 13.2 Å². The van der Waals surface area contributed by atoms with Gasteiger partial charge in [0.25, 0.3) is 0 Å². The quantitative estimate of drug-likeness (QED) is 0.603. The molecule has 5 nitrogen and oxygen atoms in total. The zero-order valence-electron chi connectivity index (χ0n) is 12.0. The van der Waals surface area contributed by atoms with E-state index in [1.165, 1.54) is 4.90 Å². The predicted octanol–water partition coefficient (Wildman–Crippen LogP) is 1.10. The van der Waals surface area contributed by atoms with Gasteiger partial charge >= 0.3 is 6.18 Å². The normalized spacial score (nSPS) is 24.2. The van der Waals surface area contributed by atoms with Gasteiger partial charge in [0.05, 0.1) is 19.8 Å². The van der Waals surface area contributed by atoms with Crippen LogP contribution in [0.25, 0.3) is 0 Å². The molecule has 2 fully saturated rings. The highest BCUT2D eigenvalue weighted by Crippen LogP contribution is 2.26. The summed E-state index contributed by atoms with van der Waals surface area (Å²) in [4.78, 5) is 5.28. The number of hydrogen-bond acceptors (Lipinski definition) is 3. The van der Waals surface area contributed by atoms with Crippen molar-refractivity contribution in [2.24, 2.45) is 10.7 Å². The number of hydrogen-bond donors (Lipinski definition) is 2. The Morgan fingerprint density at radius 1 is 1.29 bits per heavy atom. The lowest BCUT2D eigenvalue weighted by atomic mass is 10.2. The first kappa shape index (κ1) is 16.4. The molecule has 0 aromatic rings. The zero-order chi connectivity index (χ0) is 15.3. The molecule has 0 aromatic heterocycles. The van der Waals surface area contributed by atoms with Crippen LogP contribution in [-0.4, -0.2) is 62.0 Å². The summed E-state index contributed by atoms with van der Waals surface area (Å²) in [6.07, 6.45) is -0.0486. The minimum absolute atomic E-state index is 0.115. The molecule has 1 saturated carbocycles. The van der Waals surface area contributed by atoms with Crippen LogP contribution in [0.5, 0.6) is 0 Å². The second-order valence-corrected chi connectivity index (χ2v) is 5.56. The molecule has 122 valence electrons. The van der Waals surface area contributed by atoms with Crippen LogP contribution >= 0.6 is 0 Å². The van der Waals surface area contributed by atoms with E-state index in [-0.39, 0.29) is 31.6 Å². The van der Waals surface area contributed by atoms with Gasteiger partial charge in [-0.1, -0.05) is 12.8 Å². The predicted molar refractivity (Wildman–Crippen MR) is 74.1 cm³/mol. The van der Waals surface area contributed by atoms with E-state index in [0.29, 0.717) is 13.2 Å². The zero-order valence-corrected chi connectivity index (χ0v) is 12.0. The Labute approximate surface area is 122 Å². The molecule has 1 atom stereocenters. The maximum absolute atomic E-state index is 13.1. The number of ether oxygens (including phenoxy) is 1. The Hall–Kier alpha value is -1.02. The van der Waals surface area contributed by atoms with Crippen LogP contribution in [0.15, 0.2) is 4.99 Å². The van der Waals surface area contributed by atoms with E-state index < -0.39 is 12.2 Å². The summed E-state index contributed by atoms with van der Waals surface area (Å²) in [7, 11) is 0. The van der Waals surface area contributed by atoms with Crippen molar-refractivity contribution in [3.8, 4) is 0 Å². The average Bonchev–Trinajstić information content (AvgIpc) is 2.91. The highest BCUT2D eigenvalue weighted by molar-refractivity contribution is 5.78. The lowest BCUT2D eigenvalue weighted by Gasteiger charge is -2.34. The summed E-state index contributed by atoms with van der Waals surface area (Å²) in [5, 5.41) is 3.01. The Morgan fingerprint density at radius 3 is 2.48 bits per heavy atom. The van der Waals surface area contributed by atoms with Crippen molar-refractivity contribution in [3.05, 3.63) is 0 Å². The molecule has 0 bridgehead atoms. The second-order valence-electron chi connectivity index (χ2n) is 5.56. The van der Waals surface area contributed by atoms with Gasteiger partial charge in [-0.2, -0.15) is 13.2 Å². The average molecular weight is 308 g/mol. The van der Waals surface area contributed by atoms with Crippen LogP contribution in [0.3, 0.4) is 0 Å². The highest BCUT2D eigenvalue weighted by Gasteiger charge is 2.43. The smallest absolute Gasteiger partial charge is 0.379 e. The number of nitrogens with one attached hydrogen (secondary N) is 1. The molecule has 3 N–H and O–H groups in total. The molecule has 0 amide bonds. The van der Waals surface area contributed by atoms with Gasteiger partial charge in [-0.3, -0.25) is 9.89 Å². The van der Waals surface area contributed by atoms with E-state index in [1.54, 1.807) is 0 Å². The first-order chi connectivity index (χ1) is 9.97. The Balaban J connectivity index is 1.91. The molecular weight excluding hydrogens is 285 g/mol. The van der Waals surface area contributed by atoms with E-state index in [2.05, 4.69) is 10.3 Å². The molecule has 21 heavy (non-hydrogen) atoms. The minimum atomic E-state index is -4.31. The maximum Gasteiger partial charge on any atom is 0.405 e. The third-order valence-electron chi connectivity index (χ3n) is 4.01. The number of nitrogens with two attached hydrogens (primary N) is 1. The molecule has 1 aliphatic carbocycles. The summed E-state index contributed by atoms with van der Waals surface area (Å²) < 4.78 is 44.5. The molecule has 0 spiro atoms. The molecule has 2 rings (SSSR count). The second kappa shape index (κ2) is 7.31. The van der Waals surface area contributed by atoms with Crippen molar-refractivity contribution in [2.75, 3.05) is 32.8 Å². The Morgan fingerprint density at radius 2 is 1.90 bits per heavy atom. The van der Waals surface area contributed by atoms with Crippen LogP contribution in [-0.2, 0) is 4.74 Å². The van der Waals surface area contributed by atoms with Gasteiger partial charge in [0, 0.05) is 19.1 Å². The molecule has 8 heteroatoms. The highest BCUT2D eigenvalue weighted by atomic mass is 19.4. The lowest BCUT2D eigenvalue weighted by molar-refractivity contribution is -0.188. The molecule has 1 unspecified atom stereocenters. The fourth-order valence-corrected chi connectivity index (χ4v) is 2.82.